The van der Waals surface area contributed by atoms with Crippen molar-refractivity contribution in [2.24, 2.45) is 12.8 Å². The lowest BCUT2D eigenvalue weighted by Crippen LogP contribution is -2.17. The van der Waals surface area contributed by atoms with E-state index in [1.807, 2.05) is 0 Å². The molecule has 0 spiro atoms. The summed E-state index contributed by atoms with van der Waals surface area (Å²) in [7, 11) is 1.65. The van der Waals surface area contributed by atoms with Crippen LogP contribution < -0.4 is 5.73 Å². The van der Waals surface area contributed by atoms with Gasteiger partial charge in [-0.2, -0.15) is 18.3 Å². The van der Waals surface area contributed by atoms with Crippen LogP contribution in [0.15, 0.2) is 24.3 Å². The zero-order valence-electron chi connectivity index (χ0n) is 10.9. The Morgan fingerprint density at radius 1 is 1.25 bits per heavy atom. The van der Waals surface area contributed by atoms with Crippen molar-refractivity contribution in [3.63, 3.8) is 0 Å². The molecule has 2 N–H and O–H groups in total. The lowest BCUT2D eigenvalue weighted by atomic mass is 10.0. The standard InChI is InChI=1S/C13H13F4N3/c1-7-5-11(20(2)19-7)12(18)8-3-4-10(14)9(6-8)13(15,16)17/h3-6,12H,18H2,1-2H3. The van der Waals surface area contributed by atoms with Crippen LogP contribution in [0.4, 0.5) is 17.6 Å². The maximum Gasteiger partial charge on any atom is 0.419 e. The topological polar surface area (TPSA) is 43.8 Å². The minimum atomic E-state index is -4.75. The molecule has 1 aromatic heterocycles. The van der Waals surface area contributed by atoms with Gasteiger partial charge in [-0.1, -0.05) is 6.07 Å². The molecule has 108 valence electrons. The largest absolute Gasteiger partial charge is 0.419 e. The van der Waals surface area contributed by atoms with E-state index in [0.29, 0.717) is 11.4 Å². The fraction of sp³-hybridized carbons (Fsp3) is 0.308. The van der Waals surface area contributed by atoms with E-state index in [1.54, 1.807) is 20.0 Å². The highest BCUT2D eigenvalue weighted by Gasteiger charge is 2.34. The molecule has 0 aliphatic rings. The number of aromatic nitrogens is 2. The summed E-state index contributed by atoms with van der Waals surface area (Å²) in [6.07, 6.45) is -4.75. The van der Waals surface area contributed by atoms with Crippen molar-refractivity contribution in [3.8, 4) is 0 Å². The Kier molecular flexibility index (Phi) is 3.56. The first-order chi connectivity index (χ1) is 9.20. The molecule has 2 aromatic rings. The second-order valence-electron chi connectivity index (χ2n) is 4.55. The van der Waals surface area contributed by atoms with Gasteiger partial charge in [0.1, 0.15) is 5.82 Å². The molecule has 0 aliphatic carbocycles. The summed E-state index contributed by atoms with van der Waals surface area (Å²) in [4.78, 5) is 0. The van der Waals surface area contributed by atoms with Gasteiger partial charge in [-0.3, -0.25) is 4.68 Å². The second-order valence-corrected chi connectivity index (χ2v) is 4.55. The van der Waals surface area contributed by atoms with E-state index in [2.05, 4.69) is 5.10 Å². The fourth-order valence-corrected chi connectivity index (χ4v) is 2.05. The number of aryl methyl sites for hydroxylation is 2. The van der Waals surface area contributed by atoms with Crippen LogP contribution in [0.5, 0.6) is 0 Å². The van der Waals surface area contributed by atoms with Gasteiger partial charge in [-0.25, -0.2) is 4.39 Å². The van der Waals surface area contributed by atoms with E-state index in [9.17, 15) is 17.6 Å². The molecule has 3 nitrogen and oxygen atoms in total. The molecular weight excluding hydrogens is 274 g/mol. The van der Waals surface area contributed by atoms with Gasteiger partial charge in [-0.05, 0) is 30.7 Å². The van der Waals surface area contributed by atoms with Crippen LogP contribution in [-0.2, 0) is 13.2 Å². The average Bonchev–Trinajstić information content (AvgIpc) is 2.66. The predicted octanol–water partition coefficient (Wildman–Crippen LogP) is 2.93. The quantitative estimate of drug-likeness (QED) is 0.863. The van der Waals surface area contributed by atoms with Crippen LogP contribution in [0.1, 0.15) is 28.6 Å². The summed E-state index contributed by atoms with van der Waals surface area (Å²) in [5, 5.41) is 4.09. The van der Waals surface area contributed by atoms with Gasteiger partial charge in [0.15, 0.2) is 0 Å². The zero-order chi connectivity index (χ0) is 15.1. The first-order valence-electron chi connectivity index (χ1n) is 5.83. The zero-order valence-corrected chi connectivity index (χ0v) is 10.9. The van der Waals surface area contributed by atoms with Gasteiger partial charge in [0.25, 0.3) is 0 Å². The number of hydrogen-bond donors (Lipinski definition) is 1. The van der Waals surface area contributed by atoms with Crippen LogP contribution in [0.2, 0.25) is 0 Å². The first-order valence-corrected chi connectivity index (χ1v) is 5.83. The number of benzene rings is 1. The van der Waals surface area contributed by atoms with Gasteiger partial charge in [0.05, 0.1) is 23.0 Å². The summed E-state index contributed by atoms with van der Waals surface area (Å²) in [5.41, 5.74) is 6.07. The van der Waals surface area contributed by atoms with Crippen molar-refractivity contribution in [2.45, 2.75) is 19.1 Å². The van der Waals surface area contributed by atoms with Gasteiger partial charge in [-0.15, -0.1) is 0 Å². The molecule has 0 amide bonds. The van der Waals surface area contributed by atoms with Crippen molar-refractivity contribution in [2.75, 3.05) is 0 Å². The van der Waals surface area contributed by atoms with Crippen LogP contribution in [0.25, 0.3) is 0 Å². The molecule has 0 saturated heterocycles. The third-order valence-electron chi connectivity index (χ3n) is 3.01. The van der Waals surface area contributed by atoms with Gasteiger partial charge in [0.2, 0.25) is 0 Å². The summed E-state index contributed by atoms with van der Waals surface area (Å²) in [5.74, 6) is -1.31. The minimum Gasteiger partial charge on any atom is -0.319 e. The smallest absolute Gasteiger partial charge is 0.319 e. The molecule has 7 heteroatoms. The Labute approximate surface area is 113 Å². The Hall–Kier alpha value is -1.89. The van der Waals surface area contributed by atoms with Crippen molar-refractivity contribution in [1.82, 2.24) is 9.78 Å². The Morgan fingerprint density at radius 3 is 2.40 bits per heavy atom. The molecule has 0 fully saturated rings. The number of rotatable bonds is 2. The van der Waals surface area contributed by atoms with Crippen molar-refractivity contribution < 1.29 is 17.6 Å². The highest BCUT2D eigenvalue weighted by molar-refractivity contribution is 5.34. The normalized spacial score (nSPS) is 13.6. The molecule has 1 aromatic carbocycles. The molecule has 0 saturated carbocycles. The molecule has 1 heterocycles. The van der Waals surface area contributed by atoms with Gasteiger partial charge >= 0.3 is 6.18 Å². The predicted molar refractivity (Wildman–Crippen MR) is 65.4 cm³/mol. The van der Waals surface area contributed by atoms with Gasteiger partial charge in [0, 0.05) is 7.05 Å². The summed E-state index contributed by atoms with van der Waals surface area (Å²) in [6, 6.07) is 3.64. The summed E-state index contributed by atoms with van der Waals surface area (Å²) >= 11 is 0. The number of alkyl halides is 3. The number of hydrogen-bond acceptors (Lipinski definition) is 2. The Bertz CT molecular complexity index is 631. The van der Waals surface area contributed by atoms with Crippen molar-refractivity contribution >= 4 is 0 Å². The van der Waals surface area contributed by atoms with E-state index >= 15 is 0 Å². The Balaban J connectivity index is 2.46. The summed E-state index contributed by atoms with van der Waals surface area (Å²) in [6.45, 7) is 1.75. The maximum atomic E-state index is 13.2. The van der Waals surface area contributed by atoms with E-state index in [-0.39, 0.29) is 5.56 Å². The van der Waals surface area contributed by atoms with E-state index in [1.165, 1.54) is 10.7 Å². The van der Waals surface area contributed by atoms with Gasteiger partial charge < -0.3 is 5.73 Å². The number of halogens is 4. The fourth-order valence-electron chi connectivity index (χ4n) is 2.05. The van der Waals surface area contributed by atoms with E-state index < -0.39 is 23.6 Å². The molecule has 0 aliphatic heterocycles. The lowest BCUT2D eigenvalue weighted by Gasteiger charge is -2.15. The molecular formula is C13H13F4N3. The number of nitrogens with zero attached hydrogens (tertiary/aromatic N) is 2. The molecule has 0 radical (unpaired) electrons. The van der Waals surface area contributed by atoms with E-state index in [4.69, 9.17) is 5.73 Å². The van der Waals surface area contributed by atoms with Crippen LogP contribution in [0, 0.1) is 12.7 Å². The van der Waals surface area contributed by atoms with Crippen LogP contribution in [0.3, 0.4) is 0 Å². The van der Waals surface area contributed by atoms with Crippen LogP contribution >= 0.6 is 0 Å². The third-order valence-corrected chi connectivity index (χ3v) is 3.01. The minimum absolute atomic E-state index is 0.182. The maximum absolute atomic E-state index is 13.2. The monoisotopic (exact) mass is 287 g/mol. The average molecular weight is 287 g/mol. The van der Waals surface area contributed by atoms with E-state index in [0.717, 1.165) is 12.1 Å². The molecule has 2 rings (SSSR count). The molecule has 1 atom stereocenters. The molecule has 1 unspecified atom stereocenters. The second kappa shape index (κ2) is 4.90. The highest BCUT2D eigenvalue weighted by atomic mass is 19.4. The SMILES string of the molecule is Cc1cc(C(N)c2ccc(F)c(C(F)(F)F)c2)n(C)n1. The first kappa shape index (κ1) is 14.5. The van der Waals surface area contributed by atoms with Crippen molar-refractivity contribution in [1.29, 1.82) is 0 Å². The third kappa shape index (κ3) is 2.67. The highest BCUT2D eigenvalue weighted by Crippen LogP contribution is 2.33. The number of nitrogens with two attached hydrogens (primary N) is 1. The molecule has 0 bridgehead atoms. The summed E-state index contributed by atoms with van der Waals surface area (Å²) < 4.78 is 52.8. The van der Waals surface area contributed by atoms with Crippen molar-refractivity contribution in [3.05, 3.63) is 52.6 Å². The molecule has 20 heavy (non-hydrogen) atoms. The van der Waals surface area contributed by atoms with Crippen LogP contribution in [-0.4, -0.2) is 9.78 Å². The Morgan fingerprint density at radius 2 is 1.90 bits per heavy atom. The lowest BCUT2D eigenvalue weighted by molar-refractivity contribution is -0.140.